The molecule has 0 spiro atoms. The molecule has 4 heteroatoms. The molecular weight excluding hydrogens is 229 g/mol. The molecule has 4 rings (SSSR count). The lowest BCUT2D eigenvalue weighted by atomic mass is 9.96. The minimum Gasteiger partial charge on any atom is -0.307 e. The topological polar surface area (TPSA) is 40.7 Å². The van der Waals surface area contributed by atoms with E-state index in [1.54, 1.807) is 12.1 Å². The Kier molecular flexibility index (Phi) is 2.08. The first-order chi connectivity index (χ1) is 8.81. The van der Waals surface area contributed by atoms with Gasteiger partial charge in [0.25, 0.3) is 0 Å². The quantitative estimate of drug-likeness (QED) is 0.808. The molecule has 0 aliphatic carbocycles. The molecule has 2 N–H and O–H groups in total. The fourth-order valence-corrected chi connectivity index (χ4v) is 3.23. The van der Waals surface area contributed by atoms with E-state index in [1.807, 2.05) is 6.07 Å². The molecule has 3 nitrogen and oxygen atoms in total. The highest BCUT2D eigenvalue weighted by Crippen LogP contribution is 2.40. The predicted octanol–water partition coefficient (Wildman–Crippen LogP) is 2.57. The maximum atomic E-state index is 13.3. The number of halogens is 1. The van der Waals surface area contributed by atoms with Gasteiger partial charge in [-0.25, -0.2) is 4.39 Å². The van der Waals surface area contributed by atoms with Gasteiger partial charge in [0, 0.05) is 35.3 Å². The largest absolute Gasteiger partial charge is 0.307 e. The minimum absolute atomic E-state index is 0.211. The maximum absolute atomic E-state index is 13.3. The molecule has 0 saturated carbocycles. The van der Waals surface area contributed by atoms with E-state index in [-0.39, 0.29) is 5.82 Å². The molecule has 1 aromatic heterocycles. The van der Waals surface area contributed by atoms with Crippen LogP contribution in [0.2, 0.25) is 0 Å². The Morgan fingerprint density at radius 1 is 1.28 bits per heavy atom. The lowest BCUT2D eigenvalue weighted by Gasteiger charge is -2.21. The maximum Gasteiger partial charge on any atom is 0.123 e. The molecule has 1 saturated heterocycles. The zero-order chi connectivity index (χ0) is 12.1. The van der Waals surface area contributed by atoms with Gasteiger partial charge in [-0.2, -0.15) is 5.10 Å². The van der Waals surface area contributed by atoms with Crippen LogP contribution in [0.1, 0.15) is 30.1 Å². The summed E-state index contributed by atoms with van der Waals surface area (Å²) in [7, 11) is 0. The smallest absolute Gasteiger partial charge is 0.123 e. The van der Waals surface area contributed by atoms with Crippen LogP contribution in [-0.4, -0.2) is 16.2 Å². The first-order valence-electron chi connectivity index (χ1n) is 6.40. The average molecular weight is 243 g/mol. The van der Waals surface area contributed by atoms with Gasteiger partial charge in [0.1, 0.15) is 5.82 Å². The van der Waals surface area contributed by atoms with Crippen molar-refractivity contribution in [1.82, 2.24) is 15.5 Å². The highest BCUT2D eigenvalue weighted by atomic mass is 19.1. The summed E-state index contributed by atoms with van der Waals surface area (Å²) in [5.74, 6) is -0.211. The van der Waals surface area contributed by atoms with Crippen molar-refractivity contribution >= 4 is 0 Å². The summed E-state index contributed by atoms with van der Waals surface area (Å²) >= 11 is 0. The molecule has 0 radical (unpaired) electrons. The van der Waals surface area contributed by atoms with Crippen LogP contribution in [0, 0.1) is 5.82 Å². The average Bonchev–Trinajstić information content (AvgIpc) is 2.95. The van der Waals surface area contributed by atoms with E-state index in [9.17, 15) is 4.39 Å². The number of hydrogen-bond acceptors (Lipinski definition) is 2. The van der Waals surface area contributed by atoms with Crippen molar-refractivity contribution < 1.29 is 4.39 Å². The van der Waals surface area contributed by atoms with Gasteiger partial charge in [0.2, 0.25) is 0 Å². The first-order valence-corrected chi connectivity index (χ1v) is 6.40. The van der Waals surface area contributed by atoms with E-state index in [0.717, 1.165) is 24.1 Å². The van der Waals surface area contributed by atoms with Crippen molar-refractivity contribution in [1.29, 1.82) is 0 Å². The number of rotatable bonds is 1. The number of nitrogens with zero attached hydrogens (tertiary/aromatic N) is 1. The van der Waals surface area contributed by atoms with Gasteiger partial charge in [-0.15, -0.1) is 0 Å². The molecule has 0 unspecified atom stereocenters. The minimum atomic E-state index is -0.211. The van der Waals surface area contributed by atoms with Crippen molar-refractivity contribution in [3.8, 4) is 11.3 Å². The number of fused-ring (bicyclic) bond motifs is 4. The highest BCUT2D eigenvalue weighted by molar-refractivity contribution is 5.65. The standard InChI is InChI=1S/C14H14FN3/c15-9-3-1-2-8(6-9)14-13-11-5-4-10(16-11)7-12(13)17-18-14/h1-3,6,10-11,16H,4-5,7H2,(H,17,18)/t10-,11+/m0/s1. The SMILES string of the molecule is Fc1cccc(-c2n[nH]c3c2[C@H]2CC[C@@H](C3)N2)c1. The Hall–Kier alpha value is -1.68. The Morgan fingerprint density at radius 3 is 3.11 bits per heavy atom. The summed E-state index contributed by atoms with van der Waals surface area (Å²) in [6, 6.07) is 7.64. The molecule has 0 amide bonds. The zero-order valence-electron chi connectivity index (χ0n) is 9.91. The van der Waals surface area contributed by atoms with E-state index in [2.05, 4.69) is 15.5 Å². The van der Waals surface area contributed by atoms with E-state index in [0.29, 0.717) is 12.1 Å². The number of aromatic amines is 1. The van der Waals surface area contributed by atoms with Crippen LogP contribution >= 0.6 is 0 Å². The lowest BCUT2D eigenvalue weighted by Crippen LogP contribution is -2.31. The molecule has 18 heavy (non-hydrogen) atoms. The number of nitrogens with one attached hydrogen (secondary N) is 2. The lowest BCUT2D eigenvalue weighted by molar-refractivity contribution is 0.511. The van der Waals surface area contributed by atoms with Gasteiger partial charge in [-0.3, -0.25) is 5.10 Å². The summed E-state index contributed by atoms with van der Waals surface area (Å²) in [4.78, 5) is 0. The van der Waals surface area contributed by atoms with Gasteiger partial charge in [0.15, 0.2) is 0 Å². The third kappa shape index (κ3) is 1.42. The van der Waals surface area contributed by atoms with Crippen LogP contribution in [0.15, 0.2) is 24.3 Å². The number of hydrogen-bond donors (Lipinski definition) is 2. The Labute approximate surface area is 104 Å². The van der Waals surface area contributed by atoms with Gasteiger partial charge in [-0.05, 0) is 25.0 Å². The van der Waals surface area contributed by atoms with E-state index in [1.165, 1.54) is 23.7 Å². The van der Waals surface area contributed by atoms with Crippen LogP contribution in [0.25, 0.3) is 11.3 Å². The summed E-state index contributed by atoms with van der Waals surface area (Å²) in [6.45, 7) is 0. The number of H-pyrrole nitrogens is 1. The Morgan fingerprint density at radius 2 is 2.22 bits per heavy atom. The van der Waals surface area contributed by atoms with Gasteiger partial charge >= 0.3 is 0 Å². The van der Waals surface area contributed by atoms with E-state index in [4.69, 9.17) is 0 Å². The van der Waals surface area contributed by atoms with Crippen molar-refractivity contribution in [2.45, 2.75) is 31.3 Å². The third-order valence-electron chi connectivity index (χ3n) is 4.02. The number of benzene rings is 1. The van der Waals surface area contributed by atoms with Crippen molar-refractivity contribution in [3.63, 3.8) is 0 Å². The van der Waals surface area contributed by atoms with Crippen LogP contribution in [-0.2, 0) is 6.42 Å². The first kappa shape index (κ1) is 10.3. The molecule has 1 aromatic carbocycles. The molecule has 2 aliphatic rings. The van der Waals surface area contributed by atoms with E-state index >= 15 is 0 Å². The summed E-state index contributed by atoms with van der Waals surface area (Å²) in [6.07, 6.45) is 3.38. The van der Waals surface area contributed by atoms with Crippen LogP contribution in [0.3, 0.4) is 0 Å². The number of aromatic nitrogens is 2. The fraction of sp³-hybridized carbons (Fsp3) is 0.357. The van der Waals surface area contributed by atoms with Gasteiger partial charge in [-0.1, -0.05) is 12.1 Å². The Bertz CT molecular complexity index is 605. The van der Waals surface area contributed by atoms with Crippen LogP contribution in [0.5, 0.6) is 0 Å². The van der Waals surface area contributed by atoms with Gasteiger partial charge in [0.05, 0.1) is 5.69 Å². The third-order valence-corrected chi connectivity index (χ3v) is 4.02. The molecule has 3 heterocycles. The van der Waals surface area contributed by atoms with Crippen molar-refractivity contribution in [2.24, 2.45) is 0 Å². The summed E-state index contributed by atoms with van der Waals surface area (Å²) in [5.41, 5.74) is 4.23. The normalized spacial score (nSPS) is 25.2. The molecular formula is C14H14FN3. The molecule has 92 valence electrons. The Balaban J connectivity index is 1.86. The molecule has 2 aliphatic heterocycles. The highest BCUT2D eigenvalue weighted by Gasteiger charge is 2.35. The molecule has 1 fully saturated rings. The zero-order valence-corrected chi connectivity index (χ0v) is 9.91. The van der Waals surface area contributed by atoms with Crippen LogP contribution < -0.4 is 5.32 Å². The molecule has 2 bridgehead atoms. The summed E-state index contributed by atoms with van der Waals surface area (Å²) < 4.78 is 13.3. The second-order valence-corrected chi connectivity index (χ2v) is 5.17. The van der Waals surface area contributed by atoms with Gasteiger partial charge < -0.3 is 5.32 Å². The fourth-order valence-electron chi connectivity index (χ4n) is 3.23. The second-order valence-electron chi connectivity index (χ2n) is 5.17. The molecule has 2 aromatic rings. The molecule has 2 atom stereocenters. The van der Waals surface area contributed by atoms with Crippen molar-refractivity contribution in [2.75, 3.05) is 0 Å². The summed E-state index contributed by atoms with van der Waals surface area (Å²) in [5, 5.41) is 11.1. The second kappa shape index (κ2) is 3.65. The van der Waals surface area contributed by atoms with E-state index < -0.39 is 0 Å². The van der Waals surface area contributed by atoms with Crippen LogP contribution in [0.4, 0.5) is 4.39 Å². The predicted molar refractivity (Wildman–Crippen MR) is 66.6 cm³/mol. The monoisotopic (exact) mass is 243 g/mol. The van der Waals surface area contributed by atoms with Crippen molar-refractivity contribution in [3.05, 3.63) is 41.3 Å².